The van der Waals surface area contributed by atoms with Gasteiger partial charge in [0, 0.05) is 18.5 Å². The topological polar surface area (TPSA) is 47.9 Å². The third-order valence-electron chi connectivity index (χ3n) is 1.49. The van der Waals surface area contributed by atoms with Gasteiger partial charge in [0.1, 0.15) is 0 Å². The predicted octanol–water partition coefficient (Wildman–Crippen LogP) is 2.32. The van der Waals surface area contributed by atoms with Gasteiger partial charge in [-0.3, -0.25) is 0 Å². The van der Waals surface area contributed by atoms with Crippen molar-refractivity contribution in [3.05, 3.63) is 41.8 Å². The Kier molecular flexibility index (Phi) is 2.55. The zero-order chi connectivity index (χ0) is 9.80. The molecule has 2 heterocycles. The molecule has 0 saturated heterocycles. The molecule has 0 aliphatic rings. The lowest BCUT2D eigenvalue weighted by Crippen LogP contribution is -1.90. The van der Waals surface area contributed by atoms with Crippen LogP contribution in [0.25, 0.3) is 0 Å². The monoisotopic (exact) mass is 207 g/mol. The van der Waals surface area contributed by atoms with Gasteiger partial charge in [-0.15, -0.1) is 5.10 Å². The minimum atomic E-state index is 0.304. The first kappa shape index (κ1) is 8.90. The van der Waals surface area contributed by atoms with Gasteiger partial charge in [0.2, 0.25) is 5.88 Å². The summed E-state index contributed by atoms with van der Waals surface area (Å²) in [4.78, 5) is 3.87. The van der Waals surface area contributed by atoms with Crippen LogP contribution in [0, 0.1) is 0 Å². The molecule has 70 valence electrons. The van der Waals surface area contributed by atoms with Gasteiger partial charge in [-0.05, 0) is 18.2 Å². The highest BCUT2D eigenvalue weighted by atomic mass is 35.5. The number of hydrogen-bond acceptors (Lipinski definition) is 4. The van der Waals surface area contributed by atoms with Crippen LogP contribution in [0.1, 0.15) is 0 Å². The Morgan fingerprint density at radius 3 is 2.71 bits per heavy atom. The second-order valence-corrected chi connectivity index (χ2v) is 2.81. The van der Waals surface area contributed by atoms with Gasteiger partial charge >= 0.3 is 0 Å². The van der Waals surface area contributed by atoms with Gasteiger partial charge < -0.3 is 4.74 Å². The number of aromatic nitrogens is 3. The minimum absolute atomic E-state index is 0.304. The first-order chi connectivity index (χ1) is 6.86. The fourth-order valence-electron chi connectivity index (χ4n) is 0.902. The molecule has 0 unspecified atom stereocenters. The molecule has 2 aromatic heterocycles. The molecular weight excluding hydrogens is 202 g/mol. The number of halogens is 1. The van der Waals surface area contributed by atoms with Crippen LogP contribution < -0.4 is 4.74 Å². The Morgan fingerprint density at radius 1 is 1.14 bits per heavy atom. The number of ether oxygens (including phenoxy) is 1. The van der Waals surface area contributed by atoms with Gasteiger partial charge in [-0.25, -0.2) is 4.98 Å². The Bertz CT molecular complexity index is 421. The fraction of sp³-hybridized carbons (Fsp3) is 0. The lowest BCUT2D eigenvalue weighted by molar-refractivity contribution is 0.453. The van der Waals surface area contributed by atoms with Gasteiger partial charge in [0.05, 0.1) is 0 Å². The third-order valence-corrected chi connectivity index (χ3v) is 1.77. The minimum Gasteiger partial charge on any atom is -0.434 e. The highest BCUT2D eigenvalue weighted by Crippen LogP contribution is 2.24. The molecule has 0 aromatic carbocycles. The van der Waals surface area contributed by atoms with E-state index in [0.29, 0.717) is 16.8 Å². The Hall–Kier alpha value is -1.68. The zero-order valence-electron chi connectivity index (χ0n) is 7.09. The third kappa shape index (κ3) is 1.97. The summed E-state index contributed by atoms with van der Waals surface area (Å²) in [6.07, 6.45) is 3.16. The SMILES string of the molecule is Clc1ncccc1Oc1cccnn1. The molecule has 0 aliphatic heterocycles. The normalized spacial score (nSPS) is 9.79. The number of rotatable bonds is 2. The Labute approximate surface area is 85.5 Å². The Morgan fingerprint density at radius 2 is 2.00 bits per heavy atom. The maximum atomic E-state index is 5.79. The highest BCUT2D eigenvalue weighted by Gasteiger charge is 2.02. The van der Waals surface area contributed by atoms with Crippen molar-refractivity contribution in [3.63, 3.8) is 0 Å². The maximum Gasteiger partial charge on any atom is 0.238 e. The van der Waals surface area contributed by atoms with Crippen LogP contribution in [0.5, 0.6) is 11.6 Å². The Balaban J connectivity index is 2.24. The van der Waals surface area contributed by atoms with Gasteiger partial charge in [0.15, 0.2) is 10.9 Å². The van der Waals surface area contributed by atoms with E-state index in [2.05, 4.69) is 15.2 Å². The smallest absolute Gasteiger partial charge is 0.238 e. The van der Waals surface area contributed by atoms with Gasteiger partial charge in [-0.2, -0.15) is 5.10 Å². The fourth-order valence-corrected chi connectivity index (χ4v) is 1.06. The first-order valence-corrected chi connectivity index (χ1v) is 4.30. The molecule has 0 spiro atoms. The molecule has 0 radical (unpaired) electrons. The lowest BCUT2D eigenvalue weighted by atomic mass is 10.4. The van der Waals surface area contributed by atoms with Crippen molar-refractivity contribution in [2.75, 3.05) is 0 Å². The average Bonchev–Trinajstić information content (AvgIpc) is 2.23. The van der Waals surface area contributed by atoms with Crippen LogP contribution in [0.15, 0.2) is 36.7 Å². The van der Waals surface area contributed by atoms with Crippen molar-refractivity contribution < 1.29 is 4.74 Å². The van der Waals surface area contributed by atoms with E-state index in [1.54, 1.807) is 36.7 Å². The van der Waals surface area contributed by atoms with Crippen molar-refractivity contribution in [2.45, 2.75) is 0 Å². The summed E-state index contributed by atoms with van der Waals surface area (Å²) in [7, 11) is 0. The summed E-state index contributed by atoms with van der Waals surface area (Å²) in [5.41, 5.74) is 0. The molecule has 0 fully saturated rings. The first-order valence-electron chi connectivity index (χ1n) is 3.92. The molecular formula is C9H6ClN3O. The highest BCUT2D eigenvalue weighted by molar-refractivity contribution is 6.30. The van der Waals surface area contributed by atoms with E-state index in [-0.39, 0.29) is 0 Å². The van der Waals surface area contributed by atoms with E-state index in [1.165, 1.54) is 0 Å². The average molecular weight is 208 g/mol. The summed E-state index contributed by atoms with van der Waals surface area (Å²) in [5.74, 6) is 0.858. The van der Waals surface area contributed by atoms with Crippen LogP contribution in [0.2, 0.25) is 5.15 Å². The molecule has 0 atom stereocenters. The van der Waals surface area contributed by atoms with E-state index < -0.39 is 0 Å². The second kappa shape index (κ2) is 4.02. The van der Waals surface area contributed by atoms with Crippen molar-refractivity contribution >= 4 is 11.6 Å². The predicted molar refractivity (Wildman–Crippen MR) is 51.4 cm³/mol. The zero-order valence-corrected chi connectivity index (χ0v) is 7.85. The van der Waals surface area contributed by atoms with Crippen molar-refractivity contribution in [1.82, 2.24) is 15.2 Å². The molecule has 2 rings (SSSR count). The van der Waals surface area contributed by atoms with Crippen LogP contribution in [0.4, 0.5) is 0 Å². The molecule has 5 heteroatoms. The van der Waals surface area contributed by atoms with E-state index in [4.69, 9.17) is 16.3 Å². The van der Waals surface area contributed by atoms with E-state index in [0.717, 1.165) is 0 Å². The van der Waals surface area contributed by atoms with Gasteiger partial charge in [-0.1, -0.05) is 11.6 Å². The summed E-state index contributed by atoms with van der Waals surface area (Å²) in [6, 6.07) is 6.87. The second-order valence-electron chi connectivity index (χ2n) is 2.46. The number of hydrogen-bond donors (Lipinski definition) is 0. The van der Waals surface area contributed by atoms with Gasteiger partial charge in [0.25, 0.3) is 0 Å². The van der Waals surface area contributed by atoms with Crippen molar-refractivity contribution in [3.8, 4) is 11.6 Å². The lowest BCUT2D eigenvalue weighted by Gasteiger charge is -2.03. The molecule has 2 aromatic rings. The summed E-state index contributed by atoms with van der Waals surface area (Å²) >= 11 is 5.79. The quantitative estimate of drug-likeness (QED) is 0.709. The number of pyridine rings is 1. The van der Waals surface area contributed by atoms with Crippen LogP contribution in [0.3, 0.4) is 0 Å². The van der Waals surface area contributed by atoms with Crippen LogP contribution >= 0.6 is 11.6 Å². The molecule has 14 heavy (non-hydrogen) atoms. The summed E-state index contributed by atoms with van der Waals surface area (Å²) < 4.78 is 5.34. The molecule has 4 nitrogen and oxygen atoms in total. The standard InChI is InChI=1S/C9H6ClN3O/c10-9-7(3-1-5-11-9)14-8-4-2-6-12-13-8/h1-6H. The molecule has 0 saturated carbocycles. The van der Waals surface area contributed by atoms with E-state index >= 15 is 0 Å². The molecule has 0 N–H and O–H groups in total. The summed E-state index contributed by atoms with van der Waals surface area (Å²) in [6.45, 7) is 0. The van der Waals surface area contributed by atoms with Crippen molar-refractivity contribution in [1.29, 1.82) is 0 Å². The van der Waals surface area contributed by atoms with Crippen LogP contribution in [-0.4, -0.2) is 15.2 Å². The van der Waals surface area contributed by atoms with E-state index in [9.17, 15) is 0 Å². The largest absolute Gasteiger partial charge is 0.434 e. The molecule has 0 amide bonds. The summed E-state index contributed by atoms with van der Waals surface area (Å²) in [5, 5.41) is 7.73. The maximum absolute atomic E-state index is 5.79. The van der Waals surface area contributed by atoms with Crippen molar-refractivity contribution in [2.24, 2.45) is 0 Å². The molecule has 0 bridgehead atoms. The number of nitrogens with zero attached hydrogens (tertiary/aromatic N) is 3. The van der Waals surface area contributed by atoms with Crippen LogP contribution in [-0.2, 0) is 0 Å². The molecule has 0 aliphatic carbocycles. The van der Waals surface area contributed by atoms with E-state index in [1.807, 2.05) is 0 Å².